The van der Waals surface area contributed by atoms with Crippen LogP contribution in [0.5, 0.6) is 0 Å². The minimum atomic E-state index is -0.878. The van der Waals surface area contributed by atoms with Gasteiger partial charge in [0.1, 0.15) is 17.4 Å². The third kappa shape index (κ3) is 4.84. The fourth-order valence-corrected chi connectivity index (χ4v) is 2.61. The van der Waals surface area contributed by atoms with Gasteiger partial charge in [0.15, 0.2) is 0 Å². The summed E-state index contributed by atoms with van der Waals surface area (Å²) in [5.74, 6) is -0.137. The van der Waals surface area contributed by atoms with E-state index in [1.54, 1.807) is 34.6 Å². The van der Waals surface area contributed by atoms with E-state index in [9.17, 15) is 14.7 Å². The molecular formula is C15H28N2O5. The summed E-state index contributed by atoms with van der Waals surface area (Å²) in [6.07, 6.45) is -0.509. The Hall–Kier alpha value is -1.34. The Balaban J connectivity index is 2.90. The number of carbonyl (C=O) groups is 2. The van der Waals surface area contributed by atoms with E-state index in [2.05, 4.69) is 5.32 Å². The highest BCUT2D eigenvalue weighted by molar-refractivity contribution is 5.72. The second-order valence-electron chi connectivity index (χ2n) is 6.97. The molecule has 1 saturated heterocycles. The molecule has 1 aliphatic rings. The molecule has 0 aromatic rings. The molecule has 7 heteroatoms. The highest BCUT2D eigenvalue weighted by Crippen LogP contribution is 2.34. The smallest absolute Gasteiger partial charge is 0.412 e. The van der Waals surface area contributed by atoms with Crippen LogP contribution in [0.4, 0.5) is 4.79 Å². The van der Waals surface area contributed by atoms with Crippen LogP contribution in [0, 0.1) is 0 Å². The first kappa shape index (κ1) is 18.7. The molecular weight excluding hydrogens is 288 g/mol. The Labute approximate surface area is 131 Å². The third-order valence-corrected chi connectivity index (χ3v) is 3.36. The SMILES string of the molecule is CC(=O)NCC[C@@H]1[C@@H](CO)OC(C)(C)N1C(=O)OC(C)(C)C. The van der Waals surface area contributed by atoms with Crippen LogP contribution in [0.1, 0.15) is 48.0 Å². The van der Waals surface area contributed by atoms with Gasteiger partial charge in [0.2, 0.25) is 5.91 Å². The summed E-state index contributed by atoms with van der Waals surface area (Å²) in [6.45, 7) is 10.5. The van der Waals surface area contributed by atoms with Crippen molar-refractivity contribution in [1.82, 2.24) is 10.2 Å². The normalized spacial score (nSPS) is 24.2. The maximum absolute atomic E-state index is 12.5. The van der Waals surface area contributed by atoms with E-state index >= 15 is 0 Å². The number of nitrogens with zero attached hydrogens (tertiary/aromatic N) is 1. The van der Waals surface area contributed by atoms with E-state index in [-0.39, 0.29) is 18.6 Å². The molecule has 2 N–H and O–H groups in total. The van der Waals surface area contributed by atoms with Gasteiger partial charge in [0.05, 0.1) is 12.6 Å². The number of amides is 2. The van der Waals surface area contributed by atoms with Crippen LogP contribution in [0.15, 0.2) is 0 Å². The Morgan fingerprint density at radius 2 is 1.95 bits per heavy atom. The zero-order valence-corrected chi connectivity index (χ0v) is 14.3. The van der Waals surface area contributed by atoms with Crippen LogP contribution in [0.2, 0.25) is 0 Å². The summed E-state index contributed by atoms with van der Waals surface area (Å²) in [6, 6.07) is -0.360. The summed E-state index contributed by atoms with van der Waals surface area (Å²) in [4.78, 5) is 25.0. The highest BCUT2D eigenvalue weighted by atomic mass is 16.6. The number of carbonyl (C=O) groups excluding carboxylic acids is 2. The first-order chi connectivity index (χ1) is 9.98. The van der Waals surface area contributed by atoms with Crippen molar-refractivity contribution in [3.05, 3.63) is 0 Å². The van der Waals surface area contributed by atoms with Crippen molar-refractivity contribution in [3.63, 3.8) is 0 Å². The van der Waals surface area contributed by atoms with Crippen LogP contribution in [0.3, 0.4) is 0 Å². The predicted octanol–water partition coefficient (Wildman–Crippen LogP) is 1.25. The first-order valence-corrected chi connectivity index (χ1v) is 7.53. The molecule has 0 aromatic heterocycles. The largest absolute Gasteiger partial charge is 0.444 e. The van der Waals surface area contributed by atoms with E-state index in [1.165, 1.54) is 11.8 Å². The van der Waals surface area contributed by atoms with Gasteiger partial charge in [-0.3, -0.25) is 9.69 Å². The van der Waals surface area contributed by atoms with Gasteiger partial charge in [0.25, 0.3) is 0 Å². The number of nitrogens with one attached hydrogen (secondary N) is 1. The summed E-state index contributed by atoms with van der Waals surface area (Å²) >= 11 is 0. The van der Waals surface area contributed by atoms with E-state index < -0.39 is 23.5 Å². The molecule has 7 nitrogen and oxygen atoms in total. The lowest BCUT2D eigenvalue weighted by Gasteiger charge is -2.35. The number of hydrogen-bond acceptors (Lipinski definition) is 5. The summed E-state index contributed by atoms with van der Waals surface area (Å²) in [5, 5.41) is 12.2. The molecule has 0 aliphatic carbocycles. The molecule has 1 heterocycles. The Morgan fingerprint density at radius 3 is 2.41 bits per heavy atom. The van der Waals surface area contributed by atoms with Crippen LogP contribution in [-0.2, 0) is 14.3 Å². The van der Waals surface area contributed by atoms with Gasteiger partial charge in [-0.2, -0.15) is 0 Å². The van der Waals surface area contributed by atoms with Gasteiger partial charge in [0, 0.05) is 13.5 Å². The second-order valence-corrected chi connectivity index (χ2v) is 6.97. The number of aliphatic hydroxyl groups is 1. The number of rotatable bonds is 4. The zero-order chi connectivity index (χ0) is 17.1. The minimum Gasteiger partial charge on any atom is -0.444 e. The lowest BCUT2D eigenvalue weighted by molar-refractivity contribution is -0.119. The fraction of sp³-hybridized carbons (Fsp3) is 0.867. The quantitative estimate of drug-likeness (QED) is 0.815. The molecule has 0 saturated carbocycles. The second kappa shape index (κ2) is 6.83. The summed E-state index contributed by atoms with van der Waals surface area (Å²) in [7, 11) is 0. The van der Waals surface area contributed by atoms with Gasteiger partial charge in [-0.15, -0.1) is 0 Å². The van der Waals surface area contributed by atoms with Crippen molar-refractivity contribution in [2.24, 2.45) is 0 Å². The van der Waals surface area contributed by atoms with Crippen molar-refractivity contribution in [2.75, 3.05) is 13.2 Å². The van der Waals surface area contributed by atoms with Gasteiger partial charge >= 0.3 is 6.09 Å². The zero-order valence-electron chi connectivity index (χ0n) is 14.3. The standard InChI is InChI=1S/C15H28N2O5/c1-10(19)16-8-7-11-12(9-18)21-15(5,6)17(11)13(20)22-14(2,3)4/h11-12,18H,7-9H2,1-6H3,(H,16,19)/t11-,12-/m1/s1. The van der Waals surface area contributed by atoms with E-state index in [4.69, 9.17) is 9.47 Å². The van der Waals surface area contributed by atoms with E-state index in [1.807, 2.05) is 0 Å². The molecule has 1 rings (SSSR count). The molecule has 1 aliphatic heterocycles. The maximum atomic E-state index is 12.5. The van der Waals surface area contributed by atoms with Crippen molar-refractivity contribution < 1.29 is 24.2 Å². The van der Waals surface area contributed by atoms with E-state index in [0.717, 1.165) is 0 Å². The number of hydrogen-bond donors (Lipinski definition) is 2. The molecule has 22 heavy (non-hydrogen) atoms. The van der Waals surface area contributed by atoms with Gasteiger partial charge in [-0.25, -0.2) is 4.79 Å². The van der Waals surface area contributed by atoms with Crippen LogP contribution in [0.25, 0.3) is 0 Å². The number of aliphatic hydroxyl groups excluding tert-OH is 1. The maximum Gasteiger partial charge on any atom is 0.412 e. The van der Waals surface area contributed by atoms with Crippen LogP contribution in [-0.4, -0.2) is 58.6 Å². The molecule has 0 radical (unpaired) electrons. The molecule has 128 valence electrons. The van der Waals surface area contributed by atoms with Gasteiger partial charge in [-0.05, 0) is 41.0 Å². The summed E-state index contributed by atoms with van der Waals surface area (Å²) in [5.41, 5.74) is -1.50. The highest BCUT2D eigenvalue weighted by Gasteiger charge is 2.50. The Kier molecular flexibility index (Phi) is 5.81. The predicted molar refractivity (Wildman–Crippen MR) is 81.2 cm³/mol. The topological polar surface area (TPSA) is 88.1 Å². The lowest BCUT2D eigenvalue weighted by atomic mass is 10.1. The van der Waals surface area contributed by atoms with Crippen molar-refractivity contribution in [3.8, 4) is 0 Å². The molecule has 1 fully saturated rings. The number of ether oxygens (including phenoxy) is 2. The average Bonchev–Trinajstić information content (AvgIpc) is 2.57. The van der Waals surface area contributed by atoms with Crippen molar-refractivity contribution in [1.29, 1.82) is 0 Å². The first-order valence-electron chi connectivity index (χ1n) is 7.53. The molecule has 2 atom stereocenters. The minimum absolute atomic E-state index is 0.137. The van der Waals surface area contributed by atoms with Crippen molar-refractivity contribution in [2.45, 2.75) is 71.4 Å². The van der Waals surface area contributed by atoms with Crippen molar-refractivity contribution >= 4 is 12.0 Å². The fourth-order valence-electron chi connectivity index (χ4n) is 2.61. The van der Waals surface area contributed by atoms with E-state index in [0.29, 0.717) is 13.0 Å². The Morgan fingerprint density at radius 1 is 1.36 bits per heavy atom. The third-order valence-electron chi connectivity index (χ3n) is 3.36. The van der Waals surface area contributed by atoms with Gasteiger partial charge < -0.3 is 19.9 Å². The molecule has 0 bridgehead atoms. The van der Waals surface area contributed by atoms with Gasteiger partial charge in [-0.1, -0.05) is 0 Å². The monoisotopic (exact) mass is 316 g/mol. The van der Waals surface area contributed by atoms with Crippen LogP contribution < -0.4 is 5.32 Å². The average molecular weight is 316 g/mol. The van der Waals surface area contributed by atoms with Crippen LogP contribution >= 0.6 is 0 Å². The summed E-state index contributed by atoms with van der Waals surface area (Å²) < 4.78 is 11.2. The molecule has 0 unspecified atom stereocenters. The molecule has 0 spiro atoms. The molecule has 0 aromatic carbocycles. The molecule has 2 amide bonds. The lowest BCUT2D eigenvalue weighted by Crippen LogP contribution is -2.51. The Bertz CT molecular complexity index is 417.